The van der Waals surface area contributed by atoms with E-state index in [4.69, 9.17) is 0 Å². The number of nitrogens with one attached hydrogen (secondary N) is 1. The van der Waals surface area contributed by atoms with Crippen molar-refractivity contribution in [3.63, 3.8) is 0 Å². The molecule has 0 aliphatic heterocycles. The van der Waals surface area contributed by atoms with Crippen LogP contribution in [0.15, 0.2) is 99.3 Å². The number of phenols is 1. The topological polar surface area (TPSA) is 81.7 Å². The van der Waals surface area contributed by atoms with Gasteiger partial charge in [0.1, 0.15) is 5.69 Å². The monoisotopic (exact) mass is 561 g/mol. The van der Waals surface area contributed by atoms with Gasteiger partial charge in [0.05, 0.1) is 5.69 Å². The molecular weight excluding hydrogens is 535 g/mol. The summed E-state index contributed by atoms with van der Waals surface area (Å²) in [7, 11) is 0. The fraction of sp³-hybridized carbons (Fsp3) is 0.133. The number of nitrogens with zero attached hydrogens (tertiary/aromatic N) is 4. The fourth-order valence-corrected chi connectivity index (χ4v) is 4.20. The third-order valence-corrected chi connectivity index (χ3v) is 6.06. The van der Waals surface area contributed by atoms with Crippen molar-refractivity contribution < 1.29 is 37.8 Å². The molecule has 2 N–H and O–H groups in total. The summed E-state index contributed by atoms with van der Waals surface area (Å²) in [6.45, 7) is 6.75. The van der Waals surface area contributed by atoms with Crippen LogP contribution >= 0.6 is 0 Å². The number of benzene rings is 5. The molecular formula is C30H26N5OY-. The van der Waals surface area contributed by atoms with Crippen LogP contribution in [0.3, 0.4) is 0 Å². The van der Waals surface area contributed by atoms with E-state index in [-0.39, 0.29) is 38.5 Å². The standard InChI is InChI=1S/C30H26N5O.Y/c1-4-31-23-12-14-26-22(18-23)16-20(3)29(30(26)36)35-32-24-13-15-27(19(2)17-24)33-34-28-11-7-9-21-8-5-6-10-25(21)28;/h5-12,14-18,31,36H,4H2,1-3H3;/q-1;. The molecule has 5 aromatic rings. The van der Waals surface area contributed by atoms with Crippen LogP contribution in [0.1, 0.15) is 18.1 Å². The van der Waals surface area contributed by atoms with Gasteiger partial charge in [0.15, 0.2) is 5.75 Å². The van der Waals surface area contributed by atoms with Crippen LogP contribution in [0, 0.1) is 19.9 Å². The molecule has 0 bridgehead atoms. The summed E-state index contributed by atoms with van der Waals surface area (Å²) in [6, 6.07) is 28.7. The zero-order chi connectivity index (χ0) is 25.1. The molecule has 0 fully saturated rings. The molecule has 6 nitrogen and oxygen atoms in total. The van der Waals surface area contributed by atoms with Crippen molar-refractivity contribution >= 4 is 50.0 Å². The van der Waals surface area contributed by atoms with Gasteiger partial charge in [0, 0.05) is 55.7 Å². The van der Waals surface area contributed by atoms with Crippen LogP contribution in [-0.4, -0.2) is 11.7 Å². The molecule has 0 spiro atoms. The third kappa shape index (κ3) is 5.76. The summed E-state index contributed by atoms with van der Waals surface area (Å²) in [6.07, 6.45) is 0. The maximum atomic E-state index is 10.9. The van der Waals surface area contributed by atoms with Gasteiger partial charge < -0.3 is 10.4 Å². The second-order valence-electron chi connectivity index (χ2n) is 8.64. The van der Waals surface area contributed by atoms with Gasteiger partial charge in [-0.3, -0.25) is 0 Å². The Balaban J connectivity index is 0.00000320. The van der Waals surface area contributed by atoms with E-state index in [2.05, 4.69) is 50.9 Å². The van der Waals surface area contributed by atoms with E-state index in [0.717, 1.165) is 50.6 Å². The molecule has 5 aromatic carbocycles. The second kappa shape index (κ2) is 11.7. The number of aromatic hydroxyl groups is 1. The average molecular weight is 561 g/mol. The number of anilines is 1. The minimum atomic E-state index is 0. The molecule has 0 saturated heterocycles. The summed E-state index contributed by atoms with van der Waals surface area (Å²) < 4.78 is 0. The van der Waals surface area contributed by atoms with Crippen LogP contribution in [0.4, 0.5) is 28.4 Å². The average Bonchev–Trinajstić information content (AvgIpc) is 2.88. The van der Waals surface area contributed by atoms with Crippen molar-refractivity contribution in [2.75, 3.05) is 11.9 Å². The third-order valence-electron chi connectivity index (χ3n) is 6.06. The van der Waals surface area contributed by atoms with E-state index in [0.29, 0.717) is 17.1 Å². The van der Waals surface area contributed by atoms with Crippen LogP contribution in [0.5, 0.6) is 5.75 Å². The van der Waals surface area contributed by atoms with Gasteiger partial charge in [-0.25, -0.2) is 5.11 Å². The SMILES string of the molecule is CCNc1ccc2c(O)c(N=Nc3[c-]cc(N=Nc4cccc5ccccc45)c(C)c3)c(C)cc2c1.[Y]. The number of hydrogen-bond donors (Lipinski definition) is 2. The maximum absolute atomic E-state index is 10.9. The molecule has 0 heterocycles. The zero-order valence-electron chi connectivity index (χ0n) is 21.0. The maximum Gasteiger partial charge on any atom is 0.151 e. The molecule has 1 radical (unpaired) electrons. The number of hydrogen-bond acceptors (Lipinski definition) is 6. The fourth-order valence-electron chi connectivity index (χ4n) is 4.20. The van der Waals surface area contributed by atoms with E-state index in [1.165, 1.54) is 0 Å². The van der Waals surface area contributed by atoms with Gasteiger partial charge >= 0.3 is 0 Å². The predicted molar refractivity (Wildman–Crippen MR) is 147 cm³/mol. The molecule has 0 aromatic heterocycles. The van der Waals surface area contributed by atoms with Gasteiger partial charge in [-0.05, 0) is 71.9 Å². The summed E-state index contributed by atoms with van der Waals surface area (Å²) in [5.74, 6) is 0.119. The van der Waals surface area contributed by atoms with Crippen LogP contribution in [-0.2, 0) is 32.7 Å². The summed E-state index contributed by atoms with van der Waals surface area (Å²) in [4.78, 5) is 0. The molecule has 181 valence electrons. The van der Waals surface area contributed by atoms with Gasteiger partial charge in [-0.15, -0.1) is 22.8 Å². The first-order valence-electron chi connectivity index (χ1n) is 11.9. The van der Waals surface area contributed by atoms with Crippen molar-refractivity contribution in [2.45, 2.75) is 20.8 Å². The van der Waals surface area contributed by atoms with E-state index >= 15 is 0 Å². The predicted octanol–water partition coefficient (Wildman–Crippen LogP) is 9.38. The van der Waals surface area contributed by atoms with Gasteiger partial charge in [0.25, 0.3) is 0 Å². The van der Waals surface area contributed by atoms with Gasteiger partial charge in [-0.2, -0.15) is 16.3 Å². The van der Waals surface area contributed by atoms with Crippen LogP contribution in [0.2, 0.25) is 0 Å². The van der Waals surface area contributed by atoms with Crippen LogP contribution < -0.4 is 5.32 Å². The molecule has 37 heavy (non-hydrogen) atoms. The molecule has 7 heteroatoms. The zero-order valence-corrected chi connectivity index (χ0v) is 23.9. The molecule has 0 atom stereocenters. The Hall–Kier alpha value is -3.48. The molecule has 0 amide bonds. The molecule has 5 rings (SSSR count). The Morgan fingerprint density at radius 1 is 0.757 bits per heavy atom. The minimum Gasteiger partial charge on any atom is -0.505 e. The first-order chi connectivity index (χ1) is 17.5. The van der Waals surface area contributed by atoms with E-state index in [1.54, 1.807) is 6.07 Å². The minimum absolute atomic E-state index is 0. The Morgan fingerprint density at radius 3 is 2.35 bits per heavy atom. The summed E-state index contributed by atoms with van der Waals surface area (Å²) >= 11 is 0. The molecule has 0 aliphatic carbocycles. The quantitative estimate of drug-likeness (QED) is 0.160. The Morgan fingerprint density at radius 2 is 1.54 bits per heavy atom. The van der Waals surface area contributed by atoms with E-state index in [1.807, 2.05) is 74.5 Å². The Bertz CT molecular complexity index is 1640. The van der Waals surface area contributed by atoms with Crippen molar-refractivity contribution in [3.05, 3.63) is 96.1 Å². The largest absolute Gasteiger partial charge is 0.505 e. The van der Waals surface area contributed by atoms with E-state index in [9.17, 15) is 5.11 Å². The van der Waals surface area contributed by atoms with Crippen molar-refractivity contribution in [1.29, 1.82) is 0 Å². The van der Waals surface area contributed by atoms with Gasteiger partial charge in [-0.1, -0.05) is 43.3 Å². The second-order valence-corrected chi connectivity index (χ2v) is 8.64. The number of azo groups is 2. The number of rotatable bonds is 6. The van der Waals surface area contributed by atoms with Gasteiger partial charge in [0.2, 0.25) is 0 Å². The Labute approximate surface area is 241 Å². The smallest absolute Gasteiger partial charge is 0.151 e. The molecule has 0 aliphatic rings. The first-order valence-corrected chi connectivity index (χ1v) is 11.9. The number of fused-ring (bicyclic) bond motifs is 2. The number of aryl methyl sites for hydroxylation is 2. The summed E-state index contributed by atoms with van der Waals surface area (Å²) in [5.41, 5.74) is 5.29. The van der Waals surface area contributed by atoms with E-state index < -0.39 is 0 Å². The van der Waals surface area contributed by atoms with Crippen molar-refractivity contribution in [1.82, 2.24) is 0 Å². The Kier molecular flexibility index (Phi) is 8.42. The van der Waals surface area contributed by atoms with Crippen molar-refractivity contribution in [2.24, 2.45) is 20.5 Å². The number of phenolic OH excluding ortho intramolecular Hbond substituents is 1. The first kappa shape index (κ1) is 26.6. The van der Waals surface area contributed by atoms with Crippen molar-refractivity contribution in [3.8, 4) is 5.75 Å². The van der Waals surface area contributed by atoms with Crippen LogP contribution in [0.25, 0.3) is 21.5 Å². The summed E-state index contributed by atoms with van der Waals surface area (Å²) in [5, 5.41) is 35.6. The normalized spacial score (nSPS) is 11.4. The molecule has 0 saturated carbocycles. The molecule has 0 unspecified atom stereocenters.